The maximum Gasteiger partial charge on any atom is 0.159 e. The molecule has 0 bridgehead atoms. The van der Waals surface area contributed by atoms with Gasteiger partial charge in [0.25, 0.3) is 0 Å². The molecule has 0 aliphatic carbocycles. The molecule has 1 N–H and O–H groups in total. The van der Waals surface area contributed by atoms with E-state index >= 15 is 0 Å². The molecule has 3 rings (SSSR count). The molecule has 1 aromatic heterocycles. The fourth-order valence-electron chi connectivity index (χ4n) is 2.80. The molecule has 0 saturated carbocycles. The summed E-state index contributed by atoms with van der Waals surface area (Å²) in [5, 5.41) is 7.33. The highest BCUT2D eigenvalue weighted by Crippen LogP contribution is 2.30. The Balaban J connectivity index is 1.72. The second kappa shape index (κ2) is 6.14. The Morgan fingerprint density at radius 1 is 1.27 bits per heavy atom. The van der Waals surface area contributed by atoms with Crippen LogP contribution in [-0.4, -0.2) is 17.8 Å². The first-order valence-electron chi connectivity index (χ1n) is 7.28. The van der Waals surface area contributed by atoms with E-state index in [9.17, 15) is 8.78 Å². The molecular weight excluding hydrogens is 290 g/mol. The van der Waals surface area contributed by atoms with Crippen LogP contribution in [0.4, 0.5) is 8.78 Å². The van der Waals surface area contributed by atoms with E-state index in [1.54, 1.807) is 6.07 Å². The molecule has 0 amide bonds. The van der Waals surface area contributed by atoms with Crippen LogP contribution in [0.5, 0.6) is 0 Å². The van der Waals surface area contributed by atoms with Crippen LogP contribution < -0.4 is 5.32 Å². The van der Waals surface area contributed by atoms with Gasteiger partial charge < -0.3 is 14.6 Å². The molecule has 1 aliphatic heterocycles. The van der Waals surface area contributed by atoms with Gasteiger partial charge in [0.05, 0.1) is 11.8 Å². The van der Waals surface area contributed by atoms with Gasteiger partial charge in [0.1, 0.15) is 5.76 Å². The maximum atomic E-state index is 13.4. The van der Waals surface area contributed by atoms with Gasteiger partial charge >= 0.3 is 0 Å². The lowest BCUT2D eigenvalue weighted by Crippen LogP contribution is -2.31. The Bertz CT molecular complexity index is 653. The molecule has 4 nitrogen and oxygen atoms in total. The summed E-state index contributed by atoms with van der Waals surface area (Å²) < 4.78 is 37.3. The second-order valence-corrected chi connectivity index (χ2v) is 5.54. The van der Waals surface area contributed by atoms with Crippen molar-refractivity contribution in [1.82, 2.24) is 10.5 Å². The molecule has 0 spiro atoms. The molecule has 1 fully saturated rings. The third-order valence-corrected chi connectivity index (χ3v) is 4.09. The van der Waals surface area contributed by atoms with E-state index in [1.807, 2.05) is 13.8 Å². The molecule has 6 heteroatoms. The number of benzene rings is 1. The van der Waals surface area contributed by atoms with Crippen molar-refractivity contribution in [2.45, 2.75) is 39.0 Å². The minimum atomic E-state index is -0.850. The first-order valence-corrected chi connectivity index (χ1v) is 7.28. The first-order chi connectivity index (χ1) is 10.6. The molecular formula is C16H18F2N2O2. The Morgan fingerprint density at radius 2 is 2.09 bits per heavy atom. The number of hydrogen-bond donors (Lipinski definition) is 1. The highest BCUT2D eigenvalue weighted by atomic mass is 19.2. The van der Waals surface area contributed by atoms with E-state index in [4.69, 9.17) is 9.26 Å². The van der Waals surface area contributed by atoms with Gasteiger partial charge in [-0.05, 0) is 38.0 Å². The van der Waals surface area contributed by atoms with Gasteiger partial charge in [-0.1, -0.05) is 11.2 Å². The van der Waals surface area contributed by atoms with E-state index in [0.717, 1.165) is 29.5 Å². The number of hydrogen-bond acceptors (Lipinski definition) is 4. The summed E-state index contributed by atoms with van der Waals surface area (Å²) >= 11 is 0. The number of aryl methyl sites for hydroxylation is 2. The van der Waals surface area contributed by atoms with Gasteiger partial charge in [-0.3, -0.25) is 0 Å². The van der Waals surface area contributed by atoms with Crippen LogP contribution in [-0.2, 0) is 11.3 Å². The standard InChI is InChI=1S/C16H18F2N2O2/c1-9-12(10(2)22-20-9)8-19-15-5-6-21-16(15)11-3-4-13(17)14(18)7-11/h3-4,7,15-16,19H,5-6,8H2,1-2H3. The molecule has 2 atom stereocenters. The third-order valence-electron chi connectivity index (χ3n) is 4.09. The number of nitrogens with zero attached hydrogens (tertiary/aromatic N) is 1. The van der Waals surface area contributed by atoms with E-state index < -0.39 is 11.6 Å². The van der Waals surface area contributed by atoms with E-state index in [2.05, 4.69) is 10.5 Å². The monoisotopic (exact) mass is 308 g/mol. The average molecular weight is 308 g/mol. The summed E-state index contributed by atoms with van der Waals surface area (Å²) in [6.07, 6.45) is 0.531. The molecule has 1 aromatic carbocycles. The molecule has 1 aliphatic rings. The minimum Gasteiger partial charge on any atom is -0.372 e. The second-order valence-electron chi connectivity index (χ2n) is 5.54. The quantitative estimate of drug-likeness (QED) is 0.942. The molecule has 2 unspecified atom stereocenters. The zero-order chi connectivity index (χ0) is 15.7. The van der Waals surface area contributed by atoms with Gasteiger partial charge in [-0.2, -0.15) is 0 Å². The van der Waals surface area contributed by atoms with Crippen molar-refractivity contribution >= 4 is 0 Å². The van der Waals surface area contributed by atoms with Gasteiger partial charge in [0.15, 0.2) is 11.6 Å². The lowest BCUT2D eigenvalue weighted by molar-refractivity contribution is 0.0981. The number of nitrogens with one attached hydrogen (secondary N) is 1. The SMILES string of the molecule is Cc1noc(C)c1CNC1CCOC1c1ccc(F)c(F)c1. The van der Waals surface area contributed by atoms with Crippen LogP contribution in [0.25, 0.3) is 0 Å². The molecule has 0 radical (unpaired) electrons. The molecule has 2 heterocycles. The van der Waals surface area contributed by atoms with Crippen LogP contribution in [0, 0.1) is 25.5 Å². The van der Waals surface area contributed by atoms with Crippen molar-refractivity contribution in [2.24, 2.45) is 0 Å². The van der Waals surface area contributed by atoms with Crippen LogP contribution in [0.15, 0.2) is 22.7 Å². The Kier molecular flexibility index (Phi) is 4.22. The van der Waals surface area contributed by atoms with Crippen LogP contribution in [0.2, 0.25) is 0 Å². The lowest BCUT2D eigenvalue weighted by atomic mass is 10.0. The van der Waals surface area contributed by atoms with Crippen molar-refractivity contribution in [3.8, 4) is 0 Å². The zero-order valence-corrected chi connectivity index (χ0v) is 12.5. The lowest BCUT2D eigenvalue weighted by Gasteiger charge is -2.20. The fraction of sp³-hybridized carbons (Fsp3) is 0.438. The van der Waals surface area contributed by atoms with E-state index in [1.165, 1.54) is 6.07 Å². The van der Waals surface area contributed by atoms with Gasteiger partial charge in [-0.25, -0.2) is 8.78 Å². The van der Waals surface area contributed by atoms with Crippen LogP contribution >= 0.6 is 0 Å². The minimum absolute atomic E-state index is 0.0403. The predicted molar refractivity (Wildman–Crippen MR) is 76.3 cm³/mol. The van der Waals surface area contributed by atoms with Gasteiger partial charge in [0, 0.05) is 24.8 Å². The smallest absolute Gasteiger partial charge is 0.159 e. The Hall–Kier alpha value is -1.79. The average Bonchev–Trinajstić information content (AvgIpc) is 3.08. The first kappa shape index (κ1) is 15.1. The number of ether oxygens (including phenoxy) is 1. The highest BCUT2D eigenvalue weighted by molar-refractivity contribution is 5.24. The Morgan fingerprint density at radius 3 is 2.77 bits per heavy atom. The topological polar surface area (TPSA) is 47.3 Å². The van der Waals surface area contributed by atoms with Crippen molar-refractivity contribution in [3.63, 3.8) is 0 Å². The number of halogens is 2. The van der Waals surface area contributed by atoms with Crippen LogP contribution in [0.1, 0.15) is 35.1 Å². The molecule has 2 aromatic rings. The van der Waals surface area contributed by atoms with Crippen molar-refractivity contribution in [3.05, 3.63) is 52.4 Å². The van der Waals surface area contributed by atoms with Crippen molar-refractivity contribution in [2.75, 3.05) is 6.61 Å². The van der Waals surface area contributed by atoms with Crippen LogP contribution in [0.3, 0.4) is 0 Å². The normalized spacial score (nSPS) is 21.5. The fourth-order valence-corrected chi connectivity index (χ4v) is 2.80. The number of aromatic nitrogens is 1. The third kappa shape index (κ3) is 2.89. The van der Waals surface area contributed by atoms with Gasteiger partial charge in [-0.15, -0.1) is 0 Å². The summed E-state index contributed by atoms with van der Waals surface area (Å²) in [7, 11) is 0. The summed E-state index contributed by atoms with van der Waals surface area (Å²) in [6, 6.07) is 3.95. The predicted octanol–water partition coefficient (Wildman–Crippen LogP) is 3.19. The summed E-state index contributed by atoms with van der Waals surface area (Å²) in [4.78, 5) is 0. The van der Waals surface area contributed by atoms with Crippen molar-refractivity contribution in [1.29, 1.82) is 0 Å². The summed E-state index contributed by atoms with van der Waals surface area (Å²) in [6.45, 7) is 4.96. The summed E-state index contributed by atoms with van der Waals surface area (Å²) in [5.74, 6) is -0.909. The molecule has 1 saturated heterocycles. The van der Waals surface area contributed by atoms with E-state index in [-0.39, 0.29) is 12.1 Å². The summed E-state index contributed by atoms with van der Waals surface area (Å²) in [5.41, 5.74) is 2.52. The van der Waals surface area contributed by atoms with Gasteiger partial charge in [0.2, 0.25) is 0 Å². The highest BCUT2D eigenvalue weighted by Gasteiger charge is 2.30. The molecule has 118 valence electrons. The molecule has 22 heavy (non-hydrogen) atoms. The largest absolute Gasteiger partial charge is 0.372 e. The maximum absolute atomic E-state index is 13.4. The zero-order valence-electron chi connectivity index (χ0n) is 12.5. The van der Waals surface area contributed by atoms with E-state index in [0.29, 0.717) is 18.7 Å². The Labute approximate surface area is 127 Å². The van der Waals surface area contributed by atoms with Crippen molar-refractivity contribution < 1.29 is 18.0 Å². The number of rotatable bonds is 4.